The predicted molar refractivity (Wildman–Crippen MR) is 75.1 cm³/mol. The summed E-state index contributed by atoms with van der Waals surface area (Å²) >= 11 is 1.85. The first-order chi connectivity index (χ1) is 8.76. The SMILES string of the molecule is CC1(c2nnc(CCNC3CC3)s2)CCCCC1. The van der Waals surface area contributed by atoms with Crippen molar-refractivity contribution in [1.29, 1.82) is 0 Å². The molecule has 0 atom stereocenters. The standard InChI is InChI=1S/C14H23N3S/c1-14(8-3-2-4-9-14)13-17-16-12(18-13)7-10-15-11-5-6-11/h11,15H,2-10H2,1H3. The van der Waals surface area contributed by atoms with Crippen LogP contribution in [0.4, 0.5) is 0 Å². The Balaban J connectivity index is 1.57. The zero-order chi connectivity index (χ0) is 12.4. The van der Waals surface area contributed by atoms with Gasteiger partial charge in [-0.1, -0.05) is 26.2 Å². The molecular formula is C14H23N3S. The Labute approximate surface area is 113 Å². The van der Waals surface area contributed by atoms with Crippen LogP contribution in [0.5, 0.6) is 0 Å². The molecule has 4 heteroatoms. The molecule has 0 bridgehead atoms. The van der Waals surface area contributed by atoms with E-state index in [1.165, 1.54) is 55.0 Å². The minimum Gasteiger partial charge on any atom is -0.314 e. The van der Waals surface area contributed by atoms with Crippen LogP contribution in [0, 0.1) is 0 Å². The summed E-state index contributed by atoms with van der Waals surface area (Å²) in [5, 5.41) is 14.9. The van der Waals surface area contributed by atoms with Crippen molar-refractivity contribution in [2.45, 2.75) is 69.7 Å². The van der Waals surface area contributed by atoms with E-state index in [9.17, 15) is 0 Å². The third-order valence-corrected chi connectivity index (χ3v) is 5.58. The number of nitrogens with one attached hydrogen (secondary N) is 1. The molecule has 0 aromatic carbocycles. The van der Waals surface area contributed by atoms with Gasteiger partial charge in [0.25, 0.3) is 0 Å². The number of aromatic nitrogens is 2. The monoisotopic (exact) mass is 265 g/mol. The Morgan fingerprint density at radius 1 is 1.22 bits per heavy atom. The lowest BCUT2D eigenvalue weighted by Crippen LogP contribution is -2.24. The topological polar surface area (TPSA) is 37.8 Å². The van der Waals surface area contributed by atoms with Gasteiger partial charge in [-0.15, -0.1) is 21.5 Å². The first kappa shape index (κ1) is 12.5. The highest BCUT2D eigenvalue weighted by atomic mass is 32.1. The Morgan fingerprint density at radius 2 is 2.00 bits per heavy atom. The van der Waals surface area contributed by atoms with E-state index in [2.05, 4.69) is 22.4 Å². The number of rotatable bonds is 5. The molecule has 0 radical (unpaired) electrons. The van der Waals surface area contributed by atoms with E-state index in [0.717, 1.165) is 19.0 Å². The molecule has 2 saturated carbocycles. The van der Waals surface area contributed by atoms with Gasteiger partial charge in [-0.3, -0.25) is 0 Å². The molecule has 2 aliphatic carbocycles. The highest BCUT2D eigenvalue weighted by molar-refractivity contribution is 7.11. The molecule has 2 fully saturated rings. The van der Waals surface area contributed by atoms with Crippen LogP contribution < -0.4 is 5.32 Å². The van der Waals surface area contributed by atoms with Crippen LogP contribution in [0.25, 0.3) is 0 Å². The van der Waals surface area contributed by atoms with E-state index >= 15 is 0 Å². The smallest absolute Gasteiger partial charge is 0.123 e. The van der Waals surface area contributed by atoms with Crippen LogP contribution >= 0.6 is 11.3 Å². The second-order valence-electron chi connectivity index (χ2n) is 6.10. The molecule has 100 valence electrons. The van der Waals surface area contributed by atoms with Gasteiger partial charge >= 0.3 is 0 Å². The lowest BCUT2D eigenvalue weighted by molar-refractivity contribution is 0.317. The maximum absolute atomic E-state index is 4.47. The highest BCUT2D eigenvalue weighted by Crippen LogP contribution is 2.40. The molecular weight excluding hydrogens is 242 g/mol. The van der Waals surface area contributed by atoms with Gasteiger partial charge in [-0.2, -0.15) is 0 Å². The Morgan fingerprint density at radius 3 is 2.72 bits per heavy atom. The number of hydrogen-bond acceptors (Lipinski definition) is 4. The molecule has 0 saturated heterocycles. The Kier molecular flexibility index (Phi) is 3.66. The third kappa shape index (κ3) is 2.91. The van der Waals surface area contributed by atoms with E-state index in [-0.39, 0.29) is 0 Å². The quantitative estimate of drug-likeness (QED) is 0.889. The Hall–Kier alpha value is -0.480. The summed E-state index contributed by atoms with van der Waals surface area (Å²) < 4.78 is 0. The average molecular weight is 265 g/mol. The van der Waals surface area contributed by atoms with Gasteiger partial charge in [-0.25, -0.2) is 0 Å². The molecule has 1 aromatic heterocycles. The summed E-state index contributed by atoms with van der Waals surface area (Å²) in [5.41, 5.74) is 0.318. The first-order valence-corrected chi connectivity index (χ1v) is 8.14. The molecule has 2 aliphatic rings. The van der Waals surface area contributed by atoms with Crippen molar-refractivity contribution in [2.75, 3.05) is 6.54 Å². The zero-order valence-corrected chi connectivity index (χ0v) is 12.1. The van der Waals surface area contributed by atoms with E-state index < -0.39 is 0 Å². The molecule has 18 heavy (non-hydrogen) atoms. The molecule has 3 nitrogen and oxygen atoms in total. The van der Waals surface area contributed by atoms with Crippen molar-refractivity contribution in [3.8, 4) is 0 Å². The van der Waals surface area contributed by atoms with E-state index in [4.69, 9.17) is 0 Å². The maximum atomic E-state index is 4.47. The van der Waals surface area contributed by atoms with Gasteiger partial charge in [0.15, 0.2) is 0 Å². The van der Waals surface area contributed by atoms with Gasteiger partial charge in [0, 0.05) is 24.4 Å². The molecule has 1 aromatic rings. The summed E-state index contributed by atoms with van der Waals surface area (Å²) in [7, 11) is 0. The zero-order valence-electron chi connectivity index (χ0n) is 11.2. The average Bonchev–Trinajstić information content (AvgIpc) is 3.06. The van der Waals surface area contributed by atoms with Crippen molar-refractivity contribution < 1.29 is 0 Å². The summed E-state index contributed by atoms with van der Waals surface area (Å²) in [6.45, 7) is 3.44. The Bertz CT molecular complexity index is 391. The summed E-state index contributed by atoms with van der Waals surface area (Å²) in [6, 6.07) is 0.799. The van der Waals surface area contributed by atoms with Crippen molar-refractivity contribution in [1.82, 2.24) is 15.5 Å². The second kappa shape index (κ2) is 5.25. The van der Waals surface area contributed by atoms with Gasteiger partial charge in [0.1, 0.15) is 10.0 Å². The van der Waals surface area contributed by atoms with Crippen LogP contribution in [0.2, 0.25) is 0 Å². The fraction of sp³-hybridized carbons (Fsp3) is 0.857. The highest BCUT2D eigenvalue weighted by Gasteiger charge is 2.32. The molecule has 0 amide bonds. The third-order valence-electron chi connectivity index (χ3n) is 4.29. The lowest BCUT2D eigenvalue weighted by atomic mass is 9.76. The normalized spacial score (nSPS) is 23.2. The van der Waals surface area contributed by atoms with Crippen LogP contribution in [-0.2, 0) is 11.8 Å². The summed E-state index contributed by atoms with van der Waals surface area (Å²) in [6.07, 6.45) is 10.5. The molecule has 1 heterocycles. The van der Waals surface area contributed by atoms with Crippen molar-refractivity contribution in [2.24, 2.45) is 0 Å². The van der Waals surface area contributed by atoms with Gasteiger partial charge in [0.05, 0.1) is 0 Å². The van der Waals surface area contributed by atoms with Crippen LogP contribution in [0.1, 0.15) is 61.9 Å². The van der Waals surface area contributed by atoms with E-state index in [0.29, 0.717) is 5.41 Å². The van der Waals surface area contributed by atoms with Gasteiger partial charge in [-0.05, 0) is 25.7 Å². The van der Waals surface area contributed by atoms with Crippen LogP contribution in [0.3, 0.4) is 0 Å². The lowest BCUT2D eigenvalue weighted by Gasteiger charge is -2.30. The molecule has 0 aliphatic heterocycles. The first-order valence-electron chi connectivity index (χ1n) is 7.32. The largest absolute Gasteiger partial charge is 0.314 e. The van der Waals surface area contributed by atoms with Crippen molar-refractivity contribution in [3.05, 3.63) is 10.0 Å². The second-order valence-corrected chi connectivity index (χ2v) is 7.16. The molecule has 0 spiro atoms. The minimum atomic E-state index is 0.318. The van der Waals surface area contributed by atoms with Gasteiger partial charge in [0.2, 0.25) is 0 Å². The van der Waals surface area contributed by atoms with Crippen molar-refractivity contribution >= 4 is 11.3 Å². The fourth-order valence-electron chi connectivity index (χ4n) is 2.82. The van der Waals surface area contributed by atoms with Gasteiger partial charge < -0.3 is 5.32 Å². The summed E-state index contributed by atoms with van der Waals surface area (Å²) in [4.78, 5) is 0. The number of hydrogen-bond donors (Lipinski definition) is 1. The predicted octanol–water partition coefficient (Wildman–Crippen LogP) is 3.05. The molecule has 3 rings (SSSR count). The van der Waals surface area contributed by atoms with E-state index in [1.807, 2.05) is 11.3 Å². The fourth-order valence-corrected chi connectivity index (χ4v) is 3.86. The maximum Gasteiger partial charge on any atom is 0.123 e. The van der Waals surface area contributed by atoms with Crippen molar-refractivity contribution in [3.63, 3.8) is 0 Å². The molecule has 0 unspecified atom stereocenters. The summed E-state index contributed by atoms with van der Waals surface area (Å²) in [5.74, 6) is 0. The molecule has 1 N–H and O–H groups in total. The van der Waals surface area contributed by atoms with Crippen LogP contribution in [-0.4, -0.2) is 22.8 Å². The van der Waals surface area contributed by atoms with Crippen LogP contribution in [0.15, 0.2) is 0 Å². The van der Waals surface area contributed by atoms with E-state index in [1.54, 1.807) is 0 Å². The number of nitrogens with zero attached hydrogens (tertiary/aromatic N) is 2. The minimum absolute atomic E-state index is 0.318.